The van der Waals surface area contributed by atoms with Gasteiger partial charge in [-0.2, -0.15) is 0 Å². The second-order valence-electron chi connectivity index (χ2n) is 6.66. The first kappa shape index (κ1) is 20.5. The number of nitrogens with zero attached hydrogens (tertiary/aromatic N) is 1. The number of rotatable bonds is 8. The van der Waals surface area contributed by atoms with Gasteiger partial charge in [-0.25, -0.2) is 4.79 Å². The number of carbonyl (C=O) groups is 2. The van der Waals surface area contributed by atoms with Gasteiger partial charge in [-0.1, -0.05) is 30.3 Å². The molecule has 29 heavy (non-hydrogen) atoms. The Kier molecular flexibility index (Phi) is 6.56. The fraction of sp³-hybridized carbons (Fsp3) is 0.238. The van der Waals surface area contributed by atoms with E-state index in [1.54, 1.807) is 6.07 Å². The van der Waals surface area contributed by atoms with Crippen molar-refractivity contribution in [3.05, 3.63) is 75.2 Å². The van der Waals surface area contributed by atoms with Gasteiger partial charge in [-0.3, -0.25) is 14.9 Å². The van der Waals surface area contributed by atoms with Crippen molar-refractivity contribution in [3.8, 4) is 0 Å². The number of nitro benzene ring substituents is 1. The SMILES string of the molecule is C[C@H](CCc1ccccc1)NC(=O)COC(=O)c1cc2cc([N+](=O)[O-])ccc2s1. The quantitative estimate of drug-likeness (QED) is 0.341. The molecule has 0 radical (unpaired) electrons. The van der Waals surface area contributed by atoms with Gasteiger partial charge in [0.2, 0.25) is 0 Å². The molecule has 2 aromatic carbocycles. The predicted octanol–water partition coefficient (Wildman–Crippen LogP) is 4.10. The number of fused-ring (bicyclic) bond motifs is 1. The summed E-state index contributed by atoms with van der Waals surface area (Å²) < 4.78 is 5.82. The Labute approximate surface area is 171 Å². The molecule has 0 aliphatic carbocycles. The minimum Gasteiger partial charge on any atom is -0.451 e. The third-order valence-corrected chi connectivity index (χ3v) is 5.46. The maximum absolute atomic E-state index is 12.2. The highest BCUT2D eigenvalue weighted by molar-refractivity contribution is 7.20. The fourth-order valence-electron chi connectivity index (χ4n) is 2.86. The molecule has 1 N–H and O–H groups in total. The van der Waals surface area contributed by atoms with Crippen molar-refractivity contribution < 1.29 is 19.2 Å². The molecular weight excluding hydrogens is 392 g/mol. The van der Waals surface area contributed by atoms with Crippen LogP contribution in [0.25, 0.3) is 10.1 Å². The summed E-state index contributed by atoms with van der Waals surface area (Å²) in [4.78, 5) is 34.9. The molecule has 0 unspecified atom stereocenters. The summed E-state index contributed by atoms with van der Waals surface area (Å²) in [6, 6.07) is 15.9. The normalized spacial score (nSPS) is 11.8. The minimum atomic E-state index is -0.624. The second-order valence-corrected chi connectivity index (χ2v) is 7.74. The molecule has 3 rings (SSSR count). The van der Waals surface area contributed by atoms with Gasteiger partial charge in [0.25, 0.3) is 11.6 Å². The van der Waals surface area contributed by atoms with Crippen LogP contribution in [-0.4, -0.2) is 29.4 Å². The van der Waals surface area contributed by atoms with Crippen LogP contribution in [0, 0.1) is 10.1 Å². The van der Waals surface area contributed by atoms with Crippen molar-refractivity contribution in [2.75, 3.05) is 6.61 Å². The first-order valence-electron chi connectivity index (χ1n) is 9.11. The molecule has 1 amide bonds. The van der Waals surface area contributed by atoms with Gasteiger partial charge in [-0.15, -0.1) is 11.3 Å². The standard InChI is InChI=1S/C21H20N2O5S/c1-14(7-8-15-5-3-2-4-6-15)22-20(24)13-28-21(25)19-12-16-11-17(23(26)27)9-10-18(16)29-19/h2-6,9-12,14H,7-8,13H2,1H3,(H,22,24)/t14-/m1/s1. The van der Waals surface area contributed by atoms with E-state index in [0.717, 1.165) is 17.5 Å². The Morgan fingerprint density at radius 3 is 2.66 bits per heavy atom. The number of thiophene rings is 1. The average molecular weight is 412 g/mol. The van der Waals surface area contributed by atoms with Gasteiger partial charge in [0.05, 0.1) is 4.92 Å². The summed E-state index contributed by atoms with van der Waals surface area (Å²) in [5.41, 5.74) is 1.16. The highest BCUT2D eigenvalue weighted by Crippen LogP contribution is 2.29. The molecule has 3 aromatic rings. The lowest BCUT2D eigenvalue weighted by Crippen LogP contribution is -2.36. The first-order chi connectivity index (χ1) is 13.9. The number of ether oxygens (including phenoxy) is 1. The molecule has 7 nitrogen and oxygen atoms in total. The van der Waals surface area contributed by atoms with Crippen LogP contribution in [0.2, 0.25) is 0 Å². The van der Waals surface area contributed by atoms with E-state index >= 15 is 0 Å². The molecule has 0 aliphatic heterocycles. The van der Waals surface area contributed by atoms with Crippen LogP contribution in [0.5, 0.6) is 0 Å². The van der Waals surface area contributed by atoms with Crippen molar-refractivity contribution in [2.45, 2.75) is 25.8 Å². The van der Waals surface area contributed by atoms with Crippen molar-refractivity contribution >= 4 is 39.0 Å². The third kappa shape index (κ3) is 5.61. The Bertz CT molecular complexity index is 1030. The minimum absolute atomic E-state index is 0.0425. The van der Waals surface area contributed by atoms with Gasteiger partial charge >= 0.3 is 5.97 Å². The Morgan fingerprint density at radius 1 is 1.17 bits per heavy atom. The lowest BCUT2D eigenvalue weighted by atomic mass is 10.1. The summed E-state index contributed by atoms with van der Waals surface area (Å²) in [5.74, 6) is -0.989. The first-order valence-corrected chi connectivity index (χ1v) is 9.92. The number of aryl methyl sites for hydroxylation is 1. The Balaban J connectivity index is 1.48. The molecule has 8 heteroatoms. The second kappa shape index (κ2) is 9.29. The van der Waals surface area contributed by atoms with Crippen molar-refractivity contribution in [1.29, 1.82) is 0 Å². The maximum Gasteiger partial charge on any atom is 0.348 e. The smallest absolute Gasteiger partial charge is 0.348 e. The Hall–Kier alpha value is -3.26. The zero-order valence-corrected chi connectivity index (χ0v) is 16.6. The number of hydrogen-bond acceptors (Lipinski definition) is 6. The van der Waals surface area contributed by atoms with Crippen molar-refractivity contribution in [2.24, 2.45) is 0 Å². The summed E-state index contributed by atoms with van der Waals surface area (Å²) in [6.45, 7) is 1.53. The van der Waals surface area contributed by atoms with Gasteiger partial charge in [-0.05, 0) is 37.5 Å². The summed E-state index contributed by atoms with van der Waals surface area (Å²) in [7, 11) is 0. The molecule has 1 atom stereocenters. The van der Waals surface area contributed by atoms with E-state index in [4.69, 9.17) is 4.74 Å². The van der Waals surface area contributed by atoms with Crippen LogP contribution in [0.4, 0.5) is 5.69 Å². The molecule has 0 spiro atoms. The van der Waals surface area contributed by atoms with E-state index in [1.807, 2.05) is 37.3 Å². The summed E-state index contributed by atoms with van der Waals surface area (Å²) in [5, 5.41) is 14.3. The largest absolute Gasteiger partial charge is 0.451 e. The molecule has 0 saturated carbocycles. The van der Waals surface area contributed by atoms with E-state index in [9.17, 15) is 19.7 Å². The highest BCUT2D eigenvalue weighted by atomic mass is 32.1. The van der Waals surface area contributed by atoms with E-state index < -0.39 is 10.9 Å². The molecule has 0 bridgehead atoms. The Morgan fingerprint density at radius 2 is 1.93 bits per heavy atom. The summed E-state index contributed by atoms with van der Waals surface area (Å²) >= 11 is 1.17. The highest BCUT2D eigenvalue weighted by Gasteiger charge is 2.16. The summed E-state index contributed by atoms with van der Waals surface area (Å²) in [6.07, 6.45) is 1.62. The monoisotopic (exact) mass is 412 g/mol. The number of nitrogens with one attached hydrogen (secondary N) is 1. The number of nitro groups is 1. The molecule has 150 valence electrons. The van der Waals surface area contributed by atoms with Crippen molar-refractivity contribution in [1.82, 2.24) is 5.32 Å². The molecule has 1 heterocycles. The number of hydrogen-bond donors (Lipinski definition) is 1. The van der Waals surface area contributed by atoms with Gasteiger partial charge in [0.15, 0.2) is 6.61 Å². The molecular formula is C21H20N2O5S. The molecule has 0 aliphatic rings. The van der Waals surface area contributed by atoms with Crippen LogP contribution in [0.3, 0.4) is 0 Å². The van der Waals surface area contributed by atoms with E-state index in [0.29, 0.717) is 10.3 Å². The van der Waals surface area contributed by atoms with E-state index in [-0.39, 0.29) is 24.2 Å². The van der Waals surface area contributed by atoms with E-state index in [1.165, 1.54) is 35.1 Å². The maximum atomic E-state index is 12.2. The van der Waals surface area contributed by atoms with Crippen LogP contribution < -0.4 is 5.32 Å². The van der Waals surface area contributed by atoms with E-state index in [2.05, 4.69) is 5.32 Å². The van der Waals surface area contributed by atoms with Crippen LogP contribution in [-0.2, 0) is 16.0 Å². The predicted molar refractivity (Wildman–Crippen MR) is 111 cm³/mol. The van der Waals surface area contributed by atoms with Gasteiger partial charge in [0, 0.05) is 28.3 Å². The van der Waals surface area contributed by atoms with Gasteiger partial charge in [0.1, 0.15) is 4.88 Å². The zero-order chi connectivity index (χ0) is 20.8. The molecule has 0 fully saturated rings. The number of esters is 1. The number of carbonyl (C=O) groups excluding carboxylic acids is 2. The number of benzene rings is 2. The van der Waals surface area contributed by atoms with Crippen molar-refractivity contribution in [3.63, 3.8) is 0 Å². The topological polar surface area (TPSA) is 98.5 Å². The lowest BCUT2D eigenvalue weighted by molar-refractivity contribution is -0.384. The average Bonchev–Trinajstić information content (AvgIpc) is 3.14. The van der Waals surface area contributed by atoms with Crippen LogP contribution in [0.1, 0.15) is 28.6 Å². The van der Waals surface area contributed by atoms with Gasteiger partial charge < -0.3 is 10.1 Å². The lowest BCUT2D eigenvalue weighted by Gasteiger charge is -2.13. The molecule has 0 saturated heterocycles. The third-order valence-electron chi connectivity index (χ3n) is 4.36. The van der Waals surface area contributed by atoms with Crippen LogP contribution >= 0.6 is 11.3 Å². The fourth-order valence-corrected chi connectivity index (χ4v) is 3.80. The number of non-ortho nitro benzene ring substituents is 1. The zero-order valence-electron chi connectivity index (χ0n) is 15.8. The van der Waals surface area contributed by atoms with Crippen LogP contribution in [0.15, 0.2) is 54.6 Å². The molecule has 1 aromatic heterocycles. The number of amides is 1.